The lowest BCUT2D eigenvalue weighted by Gasteiger charge is -2.10. The van der Waals surface area contributed by atoms with Crippen molar-refractivity contribution in [2.75, 3.05) is 5.75 Å². The van der Waals surface area contributed by atoms with Crippen LogP contribution in [0, 0.1) is 6.92 Å². The van der Waals surface area contributed by atoms with E-state index >= 15 is 0 Å². The lowest BCUT2D eigenvalue weighted by Crippen LogP contribution is -2.26. The van der Waals surface area contributed by atoms with Gasteiger partial charge in [-0.25, -0.2) is 0 Å². The Hall–Kier alpha value is -0.800. The van der Waals surface area contributed by atoms with Gasteiger partial charge in [0.25, 0.3) is 0 Å². The van der Waals surface area contributed by atoms with Crippen molar-refractivity contribution in [1.82, 2.24) is 5.32 Å². The van der Waals surface area contributed by atoms with Gasteiger partial charge in [0.05, 0.1) is 11.4 Å². The summed E-state index contributed by atoms with van der Waals surface area (Å²) in [4.78, 5) is 10.6. The average Bonchev–Trinajstić information content (AvgIpc) is 2.67. The molecule has 2 nitrogen and oxygen atoms in total. The zero-order valence-corrected chi connectivity index (χ0v) is 8.88. The minimum atomic E-state index is 0.0197. The van der Waals surface area contributed by atoms with Crippen molar-refractivity contribution in [2.45, 2.75) is 18.3 Å². The van der Waals surface area contributed by atoms with Gasteiger partial charge in [-0.2, -0.15) is 0 Å². The third-order valence-electron chi connectivity index (χ3n) is 2.35. The Morgan fingerprint density at radius 1 is 1.43 bits per heavy atom. The zero-order valence-electron chi connectivity index (χ0n) is 8.07. The van der Waals surface area contributed by atoms with Gasteiger partial charge in [0.15, 0.2) is 0 Å². The standard InChI is InChI=1S/C11H13NOS/c1-8-2-4-9(5-3-8)11-12-10(6-13)7-14-11/h2-6,10-12H,7H2,1H3. The van der Waals surface area contributed by atoms with E-state index in [9.17, 15) is 4.79 Å². The van der Waals surface area contributed by atoms with Crippen LogP contribution in [0.3, 0.4) is 0 Å². The maximum Gasteiger partial charge on any atom is 0.137 e. The van der Waals surface area contributed by atoms with Gasteiger partial charge >= 0.3 is 0 Å². The normalized spacial score (nSPS) is 26.4. The maximum atomic E-state index is 10.6. The minimum Gasteiger partial charge on any atom is -0.302 e. The molecule has 1 aliphatic heterocycles. The molecule has 0 aliphatic carbocycles. The number of thioether (sulfide) groups is 1. The Morgan fingerprint density at radius 3 is 2.71 bits per heavy atom. The van der Waals surface area contributed by atoms with Crippen LogP contribution in [-0.4, -0.2) is 18.1 Å². The third-order valence-corrected chi connectivity index (χ3v) is 3.65. The van der Waals surface area contributed by atoms with E-state index in [-0.39, 0.29) is 11.4 Å². The largest absolute Gasteiger partial charge is 0.302 e. The molecule has 0 spiro atoms. The molecule has 1 N–H and O–H groups in total. The SMILES string of the molecule is Cc1ccc(C2NC(C=O)CS2)cc1. The van der Waals surface area contributed by atoms with Crippen LogP contribution in [0.25, 0.3) is 0 Å². The van der Waals surface area contributed by atoms with E-state index in [1.54, 1.807) is 11.8 Å². The van der Waals surface area contributed by atoms with Crippen molar-refractivity contribution in [1.29, 1.82) is 0 Å². The third kappa shape index (κ3) is 1.99. The molecule has 1 fully saturated rings. The van der Waals surface area contributed by atoms with Gasteiger partial charge in [0.1, 0.15) is 6.29 Å². The number of carbonyl (C=O) groups excluding carboxylic acids is 1. The van der Waals surface area contributed by atoms with Crippen LogP contribution < -0.4 is 5.32 Å². The molecule has 1 aromatic rings. The van der Waals surface area contributed by atoms with Gasteiger partial charge in [0, 0.05) is 5.75 Å². The predicted octanol–water partition coefficient (Wildman–Crippen LogP) is 1.90. The first-order chi connectivity index (χ1) is 6.79. The van der Waals surface area contributed by atoms with Crippen molar-refractivity contribution >= 4 is 18.0 Å². The summed E-state index contributed by atoms with van der Waals surface area (Å²) in [6.07, 6.45) is 0.987. The van der Waals surface area contributed by atoms with Crippen LogP contribution in [0.4, 0.5) is 0 Å². The molecular weight excluding hydrogens is 194 g/mol. The number of aldehydes is 1. The molecule has 0 radical (unpaired) electrons. The Balaban J connectivity index is 2.09. The van der Waals surface area contributed by atoms with Crippen LogP contribution in [-0.2, 0) is 4.79 Å². The smallest absolute Gasteiger partial charge is 0.137 e. The number of hydrogen-bond acceptors (Lipinski definition) is 3. The molecule has 0 saturated carbocycles. The second-order valence-electron chi connectivity index (χ2n) is 3.53. The first-order valence-electron chi connectivity index (χ1n) is 4.69. The first-order valence-corrected chi connectivity index (χ1v) is 5.74. The molecule has 14 heavy (non-hydrogen) atoms. The summed E-state index contributed by atoms with van der Waals surface area (Å²) in [5, 5.41) is 3.55. The number of hydrogen-bond donors (Lipinski definition) is 1. The van der Waals surface area contributed by atoms with Crippen LogP contribution in [0.2, 0.25) is 0 Å². The lowest BCUT2D eigenvalue weighted by atomic mass is 10.1. The maximum absolute atomic E-state index is 10.6. The molecule has 1 aliphatic rings. The van der Waals surface area contributed by atoms with Gasteiger partial charge < -0.3 is 4.79 Å². The van der Waals surface area contributed by atoms with Gasteiger partial charge in [-0.05, 0) is 12.5 Å². The van der Waals surface area contributed by atoms with Crippen LogP contribution >= 0.6 is 11.8 Å². The Kier molecular flexibility index (Phi) is 2.89. The summed E-state index contributed by atoms with van der Waals surface area (Å²) < 4.78 is 0. The predicted molar refractivity (Wildman–Crippen MR) is 59.4 cm³/mol. The fourth-order valence-corrected chi connectivity index (χ4v) is 2.70. The summed E-state index contributed by atoms with van der Waals surface area (Å²) in [7, 11) is 0. The van der Waals surface area contributed by atoms with Gasteiger partial charge in [-0.15, -0.1) is 11.8 Å². The van der Waals surface area contributed by atoms with Crippen molar-refractivity contribution in [3.63, 3.8) is 0 Å². The molecule has 74 valence electrons. The number of nitrogens with one attached hydrogen (secondary N) is 1. The van der Waals surface area contributed by atoms with E-state index < -0.39 is 0 Å². The summed E-state index contributed by atoms with van der Waals surface area (Å²) >= 11 is 1.79. The molecule has 0 amide bonds. The zero-order chi connectivity index (χ0) is 9.97. The van der Waals surface area contributed by atoms with E-state index in [1.807, 2.05) is 0 Å². The summed E-state index contributed by atoms with van der Waals surface area (Å²) in [5.74, 6) is 0.877. The van der Waals surface area contributed by atoms with E-state index in [1.165, 1.54) is 11.1 Å². The number of aryl methyl sites for hydroxylation is 1. The highest BCUT2D eigenvalue weighted by Gasteiger charge is 2.24. The average molecular weight is 207 g/mol. The van der Waals surface area contributed by atoms with Crippen LogP contribution in [0.15, 0.2) is 24.3 Å². The monoisotopic (exact) mass is 207 g/mol. The molecule has 1 heterocycles. The number of rotatable bonds is 2. The van der Waals surface area contributed by atoms with Crippen molar-refractivity contribution in [3.05, 3.63) is 35.4 Å². The molecule has 1 saturated heterocycles. The summed E-state index contributed by atoms with van der Waals surface area (Å²) in [6, 6.07) is 8.46. The fraction of sp³-hybridized carbons (Fsp3) is 0.364. The summed E-state index contributed by atoms with van der Waals surface area (Å²) in [6.45, 7) is 2.08. The van der Waals surface area contributed by atoms with Gasteiger partial charge in [-0.3, -0.25) is 5.32 Å². The van der Waals surface area contributed by atoms with Crippen molar-refractivity contribution in [3.8, 4) is 0 Å². The molecular formula is C11H13NOS. The van der Waals surface area contributed by atoms with Crippen LogP contribution in [0.1, 0.15) is 16.5 Å². The highest BCUT2D eigenvalue weighted by atomic mass is 32.2. The Bertz CT molecular complexity index is 323. The quantitative estimate of drug-likeness (QED) is 0.751. The lowest BCUT2D eigenvalue weighted by molar-refractivity contribution is -0.109. The van der Waals surface area contributed by atoms with Gasteiger partial charge in [-0.1, -0.05) is 29.8 Å². The van der Waals surface area contributed by atoms with Crippen LogP contribution in [0.5, 0.6) is 0 Å². The van der Waals surface area contributed by atoms with E-state index in [4.69, 9.17) is 0 Å². The highest BCUT2D eigenvalue weighted by molar-refractivity contribution is 7.99. The minimum absolute atomic E-state index is 0.0197. The molecule has 2 rings (SSSR count). The first kappa shape index (κ1) is 9.74. The number of carbonyl (C=O) groups is 1. The van der Waals surface area contributed by atoms with E-state index in [2.05, 4.69) is 36.5 Å². The topological polar surface area (TPSA) is 29.1 Å². The molecule has 2 atom stereocenters. The van der Waals surface area contributed by atoms with Crippen molar-refractivity contribution in [2.24, 2.45) is 0 Å². The molecule has 2 unspecified atom stereocenters. The summed E-state index contributed by atoms with van der Waals surface area (Å²) in [5.41, 5.74) is 2.52. The molecule has 0 bridgehead atoms. The van der Waals surface area contributed by atoms with Crippen molar-refractivity contribution < 1.29 is 4.79 Å². The highest BCUT2D eigenvalue weighted by Crippen LogP contribution is 2.32. The van der Waals surface area contributed by atoms with E-state index in [0.717, 1.165) is 12.0 Å². The Labute approximate surface area is 88.1 Å². The number of benzene rings is 1. The second kappa shape index (κ2) is 4.15. The molecule has 1 aromatic carbocycles. The fourth-order valence-electron chi connectivity index (χ4n) is 1.50. The second-order valence-corrected chi connectivity index (χ2v) is 4.67. The molecule has 0 aromatic heterocycles. The van der Waals surface area contributed by atoms with Gasteiger partial charge in [0.2, 0.25) is 0 Å². The molecule has 3 heteroatoms. The van der Waals surface area contributed by atoms with E-state index in [0.29, 0.717) is 0 Å². The Morgan fingerprint density at radius 2 is 2.14 bits per heavy atom.